The molecule has 20 heavy (non-hydrogen) atoms. The van der Waals surface area contributed by atoms with E-state index in [2.05, 4.69) is 4.72 Å². The fourth-order valence-electron chi connectivity index (χ4n) is 2.09. The molecule has 114 valence electrons. The highest BCUT2D eigenvalue weighted by atomic mass is 32.2. The summed E-state index contributed by atoms with van der Waals surface area (Å²) in [6, 6.07) is 4.65. The van der Waals surface area contributed by atoms with Crippen LogP contribution in [0.25, 0.3) is 0 Å². The second-order valence-electron chi connectivity index (χ2n) is 5.31. The number of nitrogens with one attached hydrogen (secondary N) is 1. The lowest BCUT2D eigenvalue weighted by molar-refractivity contribution is 0.414. The number of rotatable bonds is 7. The molecular weight excluding hydrogens is 276 g/mol. The second-order valence-corrected chi connectivity index (χ2v) is 7.00. The molecule has 0 saturated heterocycles. The molecule has 0 spiro atoms. The van der Waals surface area contributed by atoms with Gasteiger partial charge in [0, 0.05) is 12.6 Å². The fraction of sp³-hybridized carbons (Fsp3) is 0.571. The van der Waals surface area contributed by atoms with Crippen LogP contribution in [-0.2, 0) is 10.0 Å². The lowest BCUT2D eigenvalue weighted by Gasteiger charge is -2.19. The maximum absolute atomic E-state index is 12.4. The molecule has 0 amide bonds. The Kier molecular flexibility index (Phi) is 5.98. The third-order valence-electron chi connectivity index (χ3n) is 3.03. The minimum atomic E-state index is -3.56. The van der Waals surface area contributed by atoms with Crippen molar-refractivity contribution < 1.29 is 13.2 Å². The summed E-state index contributed by atoms with van der Waals surface area (Å²) < 4.78 is 32.5. The first-order valence-electron chi connectivity index (χ1n) is 6.67. The Morgan fingerprint density at radius 3 is 2.45 bits per heavy atom. The summed E-state index contributed by atoms with van der Waals surface area (Å²) in [6.45, 7) is 6.11. The molecule has 0 heterocycles. The van der Waals surface area contributed by atoms with Crippen molar-refractivity contribution in [3.05, 3.63) is 23.8 Å². The maximum Gasteiger partial charge on any atom is 0.241 e. The normalized spacial score (nSPS) is 13.5. The average molecular weight is 300 g/mol. The standard InChI is InChI=1S/C14H24N2O3S/c1-10(2)7-12(9-15)16-20(17,18)14-6-5-13(19-4)8-11(14)3/h5-6,8,10,12,16H,7,9,15H2,1-4H3. The lowest BCUT2D eigenvalue weighted by atomic mass is 10.1. The van der Waals surface area contributed by atoms with Gasteiger partial charge in [-0.1, -0.05) is 13.8 Å². The van der Waals surface area contributed by atoms with E-state index in [-0.39, 0.29) is 17.5 Å². The van der Waals surface area contributed by atoms with Crippen LogP contribution in [0.2, 0.25) is 0 Å². The summed E-state index contributed by atoms with van der Waals surface area (Å²) in [5.74, 6) is 1.02. The SMILES string of the molecule is COc1ccc(S(=O)(=O)NC(CN)CC(C)C)c(C)c1. The zero-order chi connectivity index (χ0) is 15.3. The van der Waals surface area contributed by atoms with Crippen molar-refractivity contribution in [1.29, 1.82) is 0 Å². The van der Waals surface area contributed by atoms with Gasteiger partial charge in [0.2, 0.25) is 10.0 Å². The van der Waals surface area contributed by atoms with E-state index in [0.29, 0.717) is 23.7 Å². The largest absolute Gasteiger partial charge is 0.497 e. The van der Waals surface area contributed by atoms with Gasteiger partial charge < -0.3 is 10.5 Å². The Morgan fingerprint density at radius 2 is 2.00 bits per heavy atom. The lowest BCUT2D eigenvalue weighted by Crippen LogP contribution is -2.41. The first-order chi connectivity index (χ1) is 9.30. The second kappa shape index (κ2) is 7.06. The van der Waals surface area contributed by atoms with Gasteiger partial charge in [0.15, 0.2) is 0 Å². The molecule has 1 atom stereocenters. The quantitative estimate of drug-likeness (QED) is 0.802. The van der Waals surface area contributed by atoms with E-state index in [9.17, 15) is 8.42 Å². The number of benzene rings is 1. The summed E-state index contributed by atoms with van der Waals surface area (Å²) in [6.07, 6.45) is 0.713. The van der Waals surface area contributed by atoms with Gasteiger partial charge in [-0.25, -0.2) is 13.1 Å². The summed E-state index contributed by atoms with van der Waals surface area (Å²) in [7, 11) is -2.01. The number of hydrogen-bond donors (Lipinski definition) is 2. The smallest absolute Gasteiger partial charge is 0.241 e. The van der Waals surface area contributed by atoms with Crippen LogP contribution in [0.1, 0.15) is 25.8 Å². The highest BCUT2D eigenvalue weighted by molar-refractivity contribution is 7.89. The van der Waals surface area contributed by atoms with E-state index in [1.165, 1.54) is 0 Å². The third kappa shape index (κ3) is 4.47. The molecule has 0 aliphatic carbocycles. The number of ether oxygens (including phenoxy) is 1. The van der Waals surface area contributed by atoms with Crippen molar-refractivity contribution in [2.45, 2.75) is 38.1 Å². The molecule has 0 fully saturated rings. The van der Waals surface area contributed by atoms with E-state index in [1.54, 1.807) is 32.2 Å². The Balaban J connectivity index is 2.98. The van der Waals surface area contributed by atoms with Gasteiger partial charge in [0.25, 0.3) is 0 Å². The summed E-state index contributed by atoms with van der Waals surface area (Å²) >= 11 is 0. The Bertz CT molecular complexity index is 541. The highest BCUT2D eigenvalue weighted by Crippen LogP contribution is 2.21. The van der Waals surface area contributed by atoms with Crippen LogP contribution < -0.4 is 15.2 Å². The molecule has 0 aromatic heterocycles. The molecule has 3 N–H and O–H groups in total. The molecule has 6 heteroatoms. The molecule has 1 rings (SSSR count). The van der Waals surface area contributed by atoms with E-state index >= 15 is 0 Å². The maximum atomic E-state index is 12.4. The van der Waals surface area contributed by atoms with Gasteiger partial charge >= 0.3 is 0 Å². The van der Waals surface area contributed by atoms with Crippen molar-refractivity contribution in [2.75, 3.05) is 13.7 Å². The van der Waals surface area contributed by atoms with Crippen molar-refractivity contribution in [3.63, 3.8) is 0 Å². The summed E-state index contributed by atoms with van der Waals surface area (Å²) in [5.41, 5.74) is 6.29. The first-order valence-corrected chi connectivity index (χ1v) is 8.15. The van der Waals surface area contributed by atoms with Crippen LogP contribution in [0.4, 0.5) is 0 Å². The first kappa shape index (κ1) is 16.9. The Morgan fingerprint density at radius 1 is 1.35 bits per heavy atom. The minimum absolute atomic E-state index is 0.249. The average Bonchev–Trinajstić information content (AvgIpc) is 2.36. The zero-order valence-electron chi connectivity index (χ0n) is 12.5. The number of methoxy groups -OCH3 is 1. The predicted octanol–water partition coefficient (Wildman–Crippen LogP) is 1.66. The minimum Gasteiger partial charge on any atom is -0.497 e. The number of aryl methyl sites for hydroxylation is 1. The van der Waals surface area contributed by atoms with Crippen molar-refractivity contribution in [3.8, 4) is 5.75 Å². The summed E-state index contributed by atoms with van der Waals surface area (Å²) in [5, 5.41) is 0. The van der Waals surface area contributed by atoms with Crippen LogP contribution in [0.3, 0.4) is 0 Å². The molecule has 0 aliphatic heterocycles. The van der Waals surface area contributed by atoms with Crippen molar-refractivity contribution in [2.24, 2.45) is 11.7 Å². The van der Waals surface area contributed by atoms with Crippen LogP contribution >= 0.6 is 0 Å². The highest BCUT2D eigenvalue weighted by Gasteiger charge is 2.21. The fourth-order valence-corrected chi connectivity index (χ4v) is 3.58. The van der Waals surface area contributed by atoms with Gasteiger partial charge in [0.05, 0.1) is 12.0 Å². The van der Waals surface area contributed by atoms with Crippen molar-refractivity contribution in [1.82, 2.24) is 4.72 Å². The number of nitrogens with two attached hydrogens (primary N) is 1. The zero-order valence-corrected chi connectivity index (χ0v) is 13.3. The van der Waals surface area contributed by atoms with Crippen LogP contribution in [0.5, 0.6) is 5.75 Å². The van der Waals surface area contributed by atoms with Crippen molar-refractivity contribution >= 4 is 10.0 Å². The Hall–Kier alpha value is -1.11. The predicted molar refractivity (Wildman–Crippen MR) is 80.3 cm³/mol. The molecule has 0 radical (unpaired) electrons. The van der Waals surface area contributed by atoms with Crippen LogP contribution in [-0.4, -0.2) is 28.1 Å². The van der Waals surface area contributed by atoms with E-state index < -0.39 is 10.0 Å². The molecule has 1 unspecified atom stereocenters. The van der Waals surface area contributed by atoms with E-state index in [1.807, 2.05) is 13.8 Å². The van der Waals surface area contributed by atoms with Gasteiger partial charge in [-0.3, -0.25) is 0 Å². The molecular formula is C14H24N2O3S. The molecule has 1 aromatic carbocycles. The molecule has 5 nitrogen and oxygen atoms in total. The topological polar surface area (TPSA) is 81.4 Å². The summed E-state index contributed by atoms with van der Waals surface area (Å²) in [4.78, 5) is 0.264. The van der Waals surface area contributed by atoms with Gasteiger partial charge in [-0.2, -0.15) is 0 Å². The number of sulfonamides is 1. The Labute approximate surface area is 121 Å². The molecule has 0 bridgehead atoms. The van der Waals surface area contributed by atoms with Gasteiger partial charge in [0.1, 0.15) is 5.75 Å². The third-order valence-corrected chi connectivity index (χ3v) is 4.71. The van der Waals surface area contributed by atoms with E-state index in [0.717, 1.165) is 0 Å². The molecule has 0 saturated carbocycles. The van der Waals surface area contributed by atoms with Gasteiger partial charge in [-0.05, 0) is 43.0 Å². The number of hydrogen-bond acceptors (Lipinski definition) is 4. The van der Waals surface area contributed by atoms with Crippen LogP contribution in [0, 0.1) is 12.8 Å². The van der Waals surface area contributed by atoms with E-state index in [4.69, 9.17) is 10.5 Å². The molecule has 0 aliphatic rings. The van der Waals surface area contributed by atoms with Gasteiger partial charge in [-0.15, -0.1) is 0 Å². The monoisotopic (exact) mass is 300 g/mol. The molecule has 1 aromatic rings. The van der Waals surface area contributed by atoms with Crippen LogP contribution in [0.15, 0.2) is 23.1 Å².